The molecule has 0 amide bonds. The average molecular weight is 225 g/mol. The molecule has 1 atom stereocenters. The average Bonchev–Trinajstić information content (AvgIpc) is 2.27. The van der Waals surface area contributed by atoms with E-state index < -0.39 is 0 Å². The number of rotatable bonds is 5. The van der Waals surface area contributed by atoms with E-state index in [-0.39, 0.29) is 0 Å². The molecule has 1 unspecified atom stereocenters. The highest BCUT2D eigenvalue weighted by Gasteiger charge is 2.23. The lowest BCUT2D eigenvalue weighted by Crippen LogP contribution is -2.20. The van der Waals surface area contributed by atoms with Crippen molar-refractivity contribution in [3.05, 3.63) is 34.9 Å². The van der Waals surface area contributed by atoms with E-state index in [0.717, 1.165) is 5.02 Å². The number of hydrogen-bond acceptors (Lipinski definition) is 0. The van der Waals surface area contributed by atoms with Crippen LogP contribution in [0.1, 0.15) is 52.0 Å². The first-order valence-corrected chi connectivity index (χ1v) is 6.26. The summed E-state index contributed by atoms with van der Waals surface area (Å²) in [6, 6.07) is 8.33. The lowest BCUT2D eigenvalue weighted by Gasteiger charge is -2.29. The van der Waals surface area contributed by atoms with Gasteiger partial charge in [-0.15, -0.1) is 0 Å². The Balaban J connectivity index is 2.85. The summed E-state index contributed by atoms with van der Waals surface area (Å²) in [5, 5.41) is 0.827. The first-order chi connectivity index (χ1) is 7.12. The second kappa shape index (κ2) is 5.55. The summed E-state index contributed by atoms with van der Waals surface area (Å²) in [4.78, 5) is 0. The van der Waals surface area contributed by atoms with Crippen LogP contribution in [0.3, 0.4) is 0 Å². The van der Waals surface area contributed by atoms with E-state index in [0.29, 0.717) is 5.41 Å². The molecule has 0 saturated carbocycles. The van der Waals surface area contributed by atoms with Crippen molar-refractivity contribution in [2.24, 2.45) is 0 Å². The van der Waals surface area contributed by atoms with E-state index in [9.17, 15) is 0 Å². The Labute approximate surface area is 98.7 Å². The summed E-state index contributed by atoms with van der Waals surface area (Å²) >= 11 is 5.91. The van der Waals surface area contributed by atoms with E-state index in [1.807, 2.05) is 12.1 Å². The number of halogens is 1. The van der Waals surface area contributed by atoms with E-state index in [1.54, 1.807) is 0 Å². The van der Waals surface area contributed by atoms with E-state index in [2.05, 4.69) is 32.9 Å². The third kappa shape index (κ3) is 3.24. The third-order valence-corrected chi connectivity index (χ3v) is 3.66. The normalized spacial score (nSPS) is 14.9. The van der Waals surface area contributed by atoms with Crippen LogP contribution in [-0.4, -0.2) is 0 Å². The molecule has 0 heterocycles. The van der Waals surface area contributed by atoms with Crippen LogP contribution in [0.5, 0.6) is 0 Å². The van der Waals surface area contributed by atoms with Crippen molar-refractivity contribution in [3.8, 4) is 0 Å². The predicted molar refractivity (Wildman–Crippen MR) is 68.6 cm³/mol. The lowest BCUT2D eigenvalue weighted by molar-refractivity contribution is 0.403. The zero-order valence-electron chi connectivity index (χ0n) is 10.0. The summed E-state index contributed by atoms with van der Waals surface area (Å²) < 4.78 is 0. The van der Waals surface area contributed by atoms with Gasteiger partial charge in [0.1, 0.15) is 0 Å². The summed E-state index contributed by atoms with van der Waals surface area (Å²) in [6.07, 6.45) is 5.02. The van der Waals surface area contributed by atoms with E-state index >= 15 is 0 Å². The van der Waals surface area contributed by atoms with Gasteiger partial charge in [-0.3, -0.25) is 0 Å². The Morgan fingerprint density at radius 3 is 2.20 bits per heavy atom. The van der Waals surface area contributed by atoms with Gasteiger partial charge in [0.05, 0.1) is 0 Å². The molecule has 0 radical (unpaired) electrons. The predicted octanol–water partition coefficient (Wildman–Crippen LogP) is 5.20. The van der Waals surface area contributed by atoms with Gasteiger partial charge in [0, 0.05) is 5.02 Å². The van der Waals surface area contributed by atoms with Gasteiger partial charge in [0.15, 0.2) is 0 Å². The Hall–Kier alpha value is -0.490. The van der Waals surface area contributed by atoms with Crippen LogP contribution in [0.2, 0.25) is 5.02 Å². The summed E-state index contributed by atoms with van der Waals surface area (Å²) in [6.45, 7) is 6.87. The first kappa shape index (κ1) is 12.6. The lowest BCUT2D eigenvalue weighted by atomic mass is 9.76. The van der Waals surface area contributed by atoms with Crippen LogP contribution in [0.15, 0.2) is 24.3 Å². The maximum atomic E-state index is 5.91. The number of unbranched alkanes of at least 4 members (excludes halogenated alkanes) is 1. The summed E-state index contributed by atoms with van der Waals surface area (Å²) in [5.74, 6) is 0. The largest absolute Gasteiger partial charge is 0.0843 e. The van der Waals surface area contributed by atoms with Gasteiger partial charge in [-0.2, -0.15) is 0 Å². The fourth-order valence-electron chi connectivity index (χ4n) is 1.94. The molecule has 1 aromatic carbocycles. The van der Waals surface area contributed by atoms with Crippen molar-refractivity contribution in [1.29, 1.82) is 0 Å². The molecule has 1 rings (SSSR count). The molecule has 0 aliphatic heterocycles. The van der Waals surface area contributed by atoms with E-state index in [1.165, 1.54) is 31.2 Å². The number of hydrogen-bond donors (Lipinski definition) is 0. The molecule has 1 heteroatoms. The first-order valence-electron chi connectivity index (χ1n) is 5.88. The maximum Gasteiger partial charge on any atom is 0.0406 e. The highest BCUT2D eigenvalue weighted by Crippen LogP contribution is 2.33. The van der Waals surface area contributed by atoms with Gasteiger partial charge in [-0.25, -0.2) is 0 Å². The molecule has 0 aliphatic rings. The Morgan fingerprint density at radius 2 is 1.73 bits per heavy atom. The van der Waals surface area contributed by atoms with Crippen molar-refractivity contribution in [2.45, 2.75) is 51.9 Å². The molecule has 0 bridgehead atoms. The molecule has 0 N–H and O–H groups in total. The molecule has 0 saturated heterocycles. The van der Waals surface area contributed by atoms with Crippen molar-refractivity contribution >= 4 is 11.6 Å². The Morgan fingerprint density at radius 1 is 1.13 bits per heavy atom. The molecule has 1 aromatic rings. The molecular weight excluding hydrogens is 204 g/mol. The van der Waals surface area contributed by atoms with Gasteiger partial charge in [-0.1, -0.05) is 57.3 Å². The van der Waals surface area contributed by atoms with Gasteiger partial charge < -0.3 is 0 Å². The zero-order chi connectivity index (χ0) is 11.3. The van der Waals surface area contributed by atoms with Crippen molar-refractivity contribution in [2.75, 3.05) is 0 Å². The van der Waals surface area contributed by atoms with Gasteiger partial charge >= 0.3 is 0 Å². The second-order valence-electron chi connectivity index (χ2n) is 4.52. The molecule has 0 aromatic heterocycles. The summed E-state index contributed by atoms with van der Waals surface area (Å²) in [5.41, 5.74) is 1.74. The van der Waals surface area contributed by atoms with Gasteiger partial charge in [-0.05, 0) is 36.0 Å². The number of benzene rings is 1. The molecule has 0 fully saturated rings. The van der Waals surface area contributed by atoms with Gasteiger partial charge in [0.25, 0.3) is 0 Å². The summed E-state index contributed by atoms with van der Waals surface area (Å²) in [7, 11) is 0. The van der Waals surface area contributed by atoms with Crippen molar-refractivity contribution in [3.63, 3.8) is 0 Å². The maximum absolute atomic E-state index is 5.91. The minimum Gasteiger partial charge on any atom is -0.0843 e. The molecule has 15 heavy (non-hydrogen) atoms. The van der Waals surface area contributed by atoms with Crippen LogP contribution in [0, 0.1) is 0 Å². The molecule has 0 aliphatic carbocycles. The molecule has 84 valence electrons. The van der Waals surface area contributed by atoms with Crippen LogP contribution in [-0.2, 0) is 5.41 Å². The monoisotopic (exact) mass is 224 g/mol. The SMILES string of the molecule is CCCCC(C)(CC)c1ccc(Cl)cc1. The fourth-order valence-corrected chi connectivity index (χ4v) is 2.07. The van der Waals surface area contributed by atoms with Crippen LogP contribution < -0.4 is 0 Å². The highest BCUT2D eigenvalue weighted by atomic mass is 35.5. The van der Waals surface area contributed by atoms with Crippen LogP contribution in [0.25, 0.3) is 0 Å². The zero-order valence-corrected chi connectivity index (χ0v) is 10.8. The highest BCUT2D eigenvalue weighted by molar-refractivity contribution is 6.30. The Kier molecular flexibility index (Phi) is 4.66. The third-order valence-electron chi connectivity index (χ3n) is 3.40. The topological polar surface area (TPSA) is 0 Å². The minimum absolute atomic E-state index is 0.320. The van der Waals surface area contributed by atoms with Crippen LogP contribution in [0.4, 0.5) is 0 Å². The second-order valence-corrected chi connectivity index (χ2v) is 4.96. The van der Waals surface area contributed by atoms with E-state index in [4.69, 9.17) is 11.6 Å². The quantitative estimate of drug-likeness (QED) is 0.645. The van der Waals surface area contributed by atoms with Gasteiger partial charge in [0.2, 0.25) is 0 Å². The molecular formula is C14H21Cl. The smallest absolute Gasteiger partial charge is 0.0406 e. The molecule has 0 nitrogen and oxygen atoms in total. The Bertz CT molecular complexity index is 289. The minimum atomic E-state index is 0.320. The molecule has 0 spiro atoms. The fraction of sp³-hybridized carbons (Fsp3) is 0.571. The van der Waals surface area contributed by atoms with Crippen LogP contribution >= 0.6 is 11.6 Å². The standard InChI is InChI=1S/C14H21Cl/c1-4-6-11-14(3,5-2)12-7-9-13(15)10-8-12/h7-10H,4-6,11H2,1-3H3. The van der Waals surface area contributed by atoms with Crippen molar-refractivity contribution < 1.29 is 0 Å². The van der Waals surface area contributed by atoms with Crippen molar-refractivity contribution in [1.82, 2.24) is 0 Å².